The largest absolute Gasteiger partial charge is 0.462 e. The van der Waals surface area contributed by atoms with Gasteiger partial charge in [0, 0.05) is 16.5 Å². The van der Waals surface area contributed by atoms with E-state index in [4.69, 9.17) is 16.3 Å². The Morgan fingerprint density at radius 1 is 1.11 bits per heavy atom. The van der Waals surface area contributed by atoms with Gasteiger partial charge in [-0.2, -0.15) is 0 Å². The van der Waals surface area contributed by atoms with E-state index in [0.29, 0.717) is 21.4 Å². The van der Waals surface area contributed by atoms with E-state index in [-0.39, 0.29) is 33.0 Å². The predicted octanol–water partition coefficient (Wildman–Crippen LogP) is 5.90. The van der Waals surface area contributed by atoms with Crippen LogP contribution >= 0.6 is 22.9 Å². The van der Waals surface area contributed by atoms with Crippen LogP contribution in [0.2, 0.25) is 5.02 Å². The summed E-state index contributed by atoms with van der Waals surface area (Å²) in [5.74, 6) is -1.00. The summed E-state index contributed by atoms with van der Waals surface area (Å²) in [6, 6.07) is 10.0. The zero-order valence-corrected chi connectivity index (χ0v) is 21.9. The van der Waals surface area contributed by atoms with E-state index in [2.05, 4.69) is 10.0 Å². The highest BCUT2D eigenvalue weighted by atomic mass is 35.5. The SMILES string of the molecule is CCOC(=O)c1sc(NS(=O)(=O)c2cccc3cccc(Cl)c23)c(C(=O)NC2CCCCC2)c1C. The summed E-state index contributed by atoms with van der Waals surface area (Å²) in [4.78, 5) is 26.1. The Bertz CT molecular complexity index is 1370. The van der Waals surface area contributed by atoms with Crippen LogP contribution in [0.3, 0.4) is 0 Å². The van der Waals surface area contributed by atoms with Crippen LogP contribution in [-0.2, 0) is 14.8 Å². The molecule has 0 aliphatic heterocycles. The third-order valence-corrected chi connectivity index (χ3v) is 9.13. The molecule has 0 saturated heterocycles. The third kappa shape index (κ3) is 5.32. The van der Waals surface area contributed by atoms with Crippen LogP contribution in [0.1, 0.15) is 64.6 Å². The minimum Gasteiger partial charge on any atom is -0.462 e. The highest BCUT2D eigenvalue weighted by molar-refractivity contribution is 7.93. The molecule has 4 rings (SSSR count). The lowest BCUT2D eigenvalue weighted by atomic mass is 9.95. The lowest BCUT2D eigenvalue weighted by Crippen LogP contribution is -2.36. The third-order valence-electron chi connectivity index (χ3n) is 6.11. The number of ether oxygens (including phenoxy) is 1. The molecule has 3 aromatic rings. The molecule has 7 nitrogen and oxygen atoms in total. The first-order chi connectivity index (χ1) is 16.7. The Morgan fingerprint density at radius 2 is 1.80 bits per heavy atom. The molecular formula is C25H27ClN2O5S2. The monoisotopic (exact) mass is 534 g/mol. The highest BCUT2D eigenvalue weighted by Crippen LogP contribution is 2.37. The second kappa shape index (κ2) is 10.6. The molecule has 10 heteroatoms. The lowest BCUT2D eigenvalue weighted by Gasteiger charge is -2.23. The first kappa shape index (κ1) is 25.5. The number of rotatable bonds is 7. The molecule has 1 heterocycles. The molecule has 0 bridgehead atoms. The molecule has 35 heavy (non-hydrogen) atoms. The summed E-state index contributed by atoms with van der Waals surface area (Å²) in [6.45, 7) is 3.48. The van der Waals surface area contributed by atoms with Gasteiger partial charge in [0.15, 0.2) is 0 Å². The van der Waals surface area contributed by atoms with Crippen molar-refractivity contribution in [3.63, 3.8) is 0 Å². The van der Waals surface area contributed by atoms with Crippen molar-refractivity contribution >= 4 is 60.6 Å². The Hall–Kier alpha value is -2.62. The van der Waals surface area contributed by atoms with Crippen molar-refractivity contribution in [2.45, 2.75) is 56.9 Å². The number of nitrogens with one attached hydrogen (secondary N) is 2. The number of hydrogen-bond donors (Lipinski definition) is 2. The number of anilines is 1. The molecule has 1 amide bonds. The van der Waals surface area contributed by atoms with E-state index < -0.39 is 21.9 Å². The van der Waals surface area contributed by atoms with Crippen molar-refractivity contribution in [2.75, 3.05) is 11.3 Å². The van der Waals surface area contributed by atoms with Gasteiger partial charge < -0.3 is 10.1 Å². The number of amides is 1. The Morgan fingerprint density at radius 3 is 2.49 bits per heavy atom. The Labute approximate surface area is 213 Å². The fourth-order valence-corrected chi connectivity index (χ4v) is 7.41. The summed E-state index contributed by atoms with van der Waals surface area (Å²) >= 11 is 7.25. The van der Waals surface area contributed by atoms with Crippen LogP contribution < -0.4 is 10.0 Å². The lowest BCUT2D eigenvalue weighted by molar-refractivity contribution is 0.0531. The molecule has 2 aromatic carbocycles. The number of halogens is 1. The van der Waals surface area contributed by atoms with Crippen molar-refractivity contribution in [1.82, 2.24) is 5.32 Å². The van der Waals surface area contributed by atoms with Crippen LogP contribution in [0.25, 0.3) is 10.8 Å². The fraction of sp³-hybridized carbons (Fsp3) is 0.360. The van der Waals surface area contributed by atoms with Gasteiger partial charge in [-0.15, -0.1) is 11.3 Å². The number of sulfonamides is 1. The number of fused-ring (bicyclic) bond motifs is 1. The topological polar surface area (TPSA) is 102 Å². The number of esters is 1. The van der Waals surface area contributed by atoms with Gasteiger partial charge in [-0.05, 0) is 49.8 Å². The van der Waals surface area contributed by atoms with Crippen LogP contribution in [0, 0.1) is 6.92 Å². The number of hydrogen-bond acceptors (Lipinski definition) is 6. The van der Waals surface area contributed by atoms with Gasteiger partial charge in [-0.25, -0.2) is 13.2 Å². The first-order valence-corrected chi connectivity index (χ1v) is 14.2. The molecule has 1 aromatic heterocycles. The quantitative estimate of drug-likeness (QED) is 0.367. The maximum Gasteiger partial charge on any atom is 0.348 e. The van der Waals surface area contributed by atoms with Gasteiger partial charge in [-0.1, -0.05) is 55.1 Å². The molecule has 1 aliphatic rings. The number of carbonyl (C=O) groups excluding carboxylic acids is 2. The zero-order chi connectivity index (χ0) is 25.2. The van der Waals surface area contributed by atoms with Gasteiger partial charge in [0.1, 0.15) is 9.88 Å². The molecule has 1 saturated carbocycles. The normalized spacial score (nSPS) is 14.6. The summed E-state index contributed by atoms with van der Waals surface area (Å²) in [5.41, 5.74) is 0.522. The van der Waals surface area contributed by atoms with Gasteiger partial charge in [0.05, 0.1) is 17.1 Å². The highest BCUT2D eigenvalue weighted by Gasteiger charge is 2.30. The minimum absolute atomic E-state index is 0.0111. The standard InChI is InChI=1S/C25H27ClN2O5S2/c1-3-33-25(30)22-15(2)20(23(29)27-17-11-5-4-6-12-17)24(34-22)28-35(31,32)19-14-8-10-16-9-7-13-18(26)21(16)19/h7-10,13-14,17,28H,3-6,11-12H2,1-2H3,(H,27,29). The van der Waals surface area contributed by atoms with Crippen LogP contribution in [0.4, 0.5) is 5.00 Å². The van der Waals surface area contributed by atoms with Crippen molar-refractivity contribution < 1.29 is 22.7 Å². The summed E-state index contributed by atoms with van der Waals surface area (Å²) in [7, 11) is -4.15. The Balaban J connectivity index is 1.76. The van der Waals surface area contributed by atoms with E-state index >= 15 is 0 Å². The van der Waals surface area contributed by atoms with Crippen LogP contribution in [0.15, 0.2) is 41.3 Å². The fourth-order valence-electron chi connectivity index (χ4n) is 4.42. The van der Waals surface area contributed by atoms with Crippen LogP contribution in [0.5, 0.6) is 0 Å². The first-order valence-electron chi connectivity index (χ1n) is 11.5. The molecule has 0 spiro atoms. The van der Waals surface area contributed by atoms with Gasteiger partial charge in [-0.3, -0.25) is 9.52 Å². The summed E-state index contributed by atoms with van der Waals surface area (Å²) in [5, 5.41) is 4.45. The van der Waals surface area contributed by atoms with Crippen molar-refractivity contribution in [3.8, 4) is 0 Å². The van der Waals surface area contributed by atoms with E-state index in [0.717, 1.165) is 43.4 Å². The van der Waals surface area contributed by atoms with Crippen molar-refractivity contribution in [3.05, 3.63) is 57.4 Å². The number of carbonyl (C=O) groups is 2. The molecular weight excluding hydrogens is 508 g/mol. The van der Waals surface area contributed by atoms with Crippen molar-refractivity contribution in [2.24, 2.45) is 0 Å². The predicted molar refractivity (Wildman–Crippen MR) is 139 cm³/mol. The number of benzene rings is 2. The minimum atomic E-state index is -4.15. The zero-order valence-electron chi connectivity index (χ0n) is 19.5. The molecule has 0 atom stereocenters. The molecule has 1 aliphatic carbocycles. The average molecular weight is 535 g/mol. The molecule has 2 N–H and O–H groups in total. The van der Waals surface area contributed by atoms with E-state index in [1.807, 2.05) is 0 Å². The van der Waals surface area contributed by atoms with Crippen molar-refractivity contribution in [1.29, 1.82) is 0 Å². The smallest absolute Gasteiger partial charge is 0.348 e. The van der Waals surface area contributed by atoms with Gasteiger partial charge in [0.2, 0.25) is 0 Å². The maximum absolute atomic E-state index is 13.5. The van der Waals surface area contributed by atoms with Gasteiger partial charge in [0.25, 0.3) is 15.9 Å². The molecule has 186 valence electrons. The van der Waals surface area contributed by atoms with E-state index in [1.165, 1.54) is 6.07 Å². The van der Waals surface area contributed by atoms with Gasteiger partial charge >= 0.3 is 5.97 Å². The summed E-state index contributed by atoms with van der Waals surface area (Å²) < 4.78 is 34.8. The molecule has 0 radical (unpaired) electrons. The summed E-state index contributed by atoms with van der Waals surface area (Å²) in [6.07, 6.45) is 4.94. The molecule has 1 fully saturated rings. The van der Waals surface area contributed by atoms with E-state index in [1.54, 1.807) is 44.2 Å². The maximum atomic E-state index is 13.5. The second-order valence-corrected chi connectivity index (χ2v) is 11.6. The average Bonchev–Trinajstić information content (AvgIpc) is 3.15. The molecule has 0 unspecified atom stereocenters. The number of thiophene rings is 1. The Kier molecular flexibility index (Phi) is 7.68. The van der Waals surface area contributed by atoms with E-state index in [9.17, 15) is 18.0 Å². The van der Waals surface area contributed by atoms with Crippen LogP contribution in [-0.4, -0.2) is 32.9 Å². The second-order valence-electron chi connectivity index (χ2n) is 8.49.